The van der Waals surface area contributed by atoms with Crippen molar-refractivity contribution in [2.75, 3.05) is 0 Å². The van der Waals surface area contributed by atoms with E-state index in [-0.39, 0.29) is 0 Å². The Balaban J connectivity index is 3.08. The molecule has 13 heavy (non-hydrogen) atoms. The Hall–Kier alpha value is -1.13. The molecule has 0 saturated heterocycles. The molecule has 0 aromatic heterocycles. The SMILES string of the molecule is FC(F)(F)C(F)(F)c1c[c]ccc1. The van der Waals surface area contributed by atoms with Gasteiger partial charge in [-0.3, -0.25) is 0 Å². The number of benzene rings is 1. The standard InChI is InChI=1S/C8H4F5/c9-7(10,8(11,12)13)6-4-2-1-3-5-6/h1-2,4-5H. The van der Waals surface area contributed by atoms with Crippen molar-refractivity contribution in [3.63, 3.8) is 0 Å². The largest absolute Gasteiger partial charge is 0.458 e. The van der Waals surface area contributed by atoms with Crippen molar-refractivity contribution < 1.29 is 22.0 Å². The summed E-state index contributed by atoms with van der Waals surface area (Å²) in [6.07, 6.45) is -5.55. The minimum absolute atomic E-state index is 0.619. The second kappa shape index (κ2) is 2.97. The Labute approximate surface area is 71.0 Å². The van der Waals surface area contributed by atoms with Gasteiger partial charge in [-0.1, -0.05) is 18.2 Å². The highest BCUT2D eigenvalue weighted by Gasteiger charge is 2.58. The quantitative estimate of drug-likeness (QED) is 0.604. The summed E-state index contributed by atoms with van der Waals surface area (Å²) in [5.74, 6) is -4.80. The van der Waals surface area contributed by atoms with Crippen molar-refractivity contribution in [3.05, 3.63) is 35.9 Å². The van der Waals surface area contributed by atoms with Crippen LogP contribution in [-0.4, -0.2) is 6.18 Å². The molecule has 0 N–H and O–H groups in total. The van der Waals surface area contributed by atoms with Gasteiger partial charge in [-0.2, -0.15) is 22.0 Å². The van der Waals surface area contributed by atoms with E-state index < -0.39 is 17.7 Å². The molecule has 71 valence electrons. The van der Waals surface area contributed by atoms with Gasteiger partial charge in [0.2, 0.25) is 0 Å². The number of hydrogen-bond donors (Lipinski definition) is 0. The predicted octanol–water partition coefficient (Wildman–Crippen LogP) is 3.14. The molecule has 0 bridgehead atoms. The van der Waals surface area contributed by atoms with Crippen LogP contribution in [0.15, 0.2) is 24.3 Å². The molecule has 0 aliphatic rings. The molecule has 1 radical (unpaired) electrons. The monoisotopic (exact) mass is 195 g/mol. The van der Waals surface area contributed by atoms with Crippen LogP contribution in [0.3, 0.4) is 0 Å². The van der Waals surface area contributed by atoms with Crippen LogP contribution in [0.1, 0.15) is 5.56 Å². The van der Waals surface area contributed by atoms with Gasteiger partial charge in [0.25, 0.3) is 0 Å². The predicted molar refractivity (Wildman–Crippen MR) is 35.2 cm³/mol. The summed E-state index contributed by atoms with van der Waals surface area (Å²) in [5.41, 5.74) is -1.09. The number of hydrogen-bond acceptors (Lipinski definition) is 0. The van der Waals surface area contributed by atoms with Crippen molar-refractivity contribution >= 4 is 0 Å². The third-order valence-corrected chi connectivity index (χ3v) is 1.43. The molecule has 0 unspecified atom stereocenters. The lowest BCUT2D eigenvalue weighted by Crippen LogP contribution is -2.33. The Bertz CT molecular complexity index is 274. The number of rotatable bonds is 1. The first kappa shape index (κ1) is 9.95. The van der Waals surface area contributed by atoms with Crippen molar-refractivity contribution in [2.24, 2.45) is 0 Å². The van der Waals surface area contributed by atoms with E-state index in [1.165, 1.54) is 6.07 Å². The van der Waals surface area contributed by atoms with Crippen LogP contribution in [0.25, 0.3) is 0 Å². The second-order valence-corrected chi connectivity index (χ2v) is 2.36. The van der Waals surface area contributed by atoms with E-state index in [4.69, 9.17) is 0 Å². The number of alkyl halides is 5. The van der Waals surface area contributed by atoms with Gasteiger partial charge in [0.05, 0.1) is 0 Å². The summed E-state index contributed by atoms with van der Waals surface area (Å²) in [6.45, 7) is 0. The zero-order chi connectivity index (χ0) is 10.1. The van der Waals surface area contributed by atoms with Gasteiger partial charge < -0.3 is 0 Å². The molecule has 0 spiro atoms. The molecule has 1 aromatic carbocycles. The third kappa shape index (κ3) is 1.79. The first-order valence-corrected chi connectivity index (χ1v) is 3.27. The van der Waals surface area contributed by atoms with E-state index in [1.807, 2.05) is 0 Å². The van der Waals surface area contributed by atoms with Crippen LogP contribution in [0.4, 0.5) is 22.0 Å². The maximum absolute atomic E-state index is 12.5. The normalized spacial score (nSPS) is 13.0. The highest BCUT2D eigenvalue weighted by atomic mass is 19.4. The molecule has 0 heterocycles. The van der Waals surface area contributed by atoms with Crippen molar-refractivity contribution in [1.29, 1.82) is 0 Å². The maximum Gasteiger partial charge on any atom is 0.458 e. The summed E-state index contributed by atoms with van der Waals surface area (Å²) in [5, 5.41) is 0. The van der Waals surface area contributed by atoms with E-state index in [2.05, 4.69) is 6.07 Å². The van der Waals surface area contributed by atoms with Gasteiger partial charge in [-0.15, -0.1) is 0 Å². The van der Waals surface area contributed by atoms with Crippen molar-refractivity contribution in [3.8, 4) is 0 Å². The Kier molecular flexibility index (Phi) is 2.28. The van der Waals surface area contributed by atoms with Crippen LogP contribution in [0.5, 0.6) is 0 Å². The lowest BCUT2D eigenvalue weighted by Gasteiger charge is -2.19. The molecule has 0 aliphatic carbocycles. The summed E-state index contributed by atoms with van der Waals surface area (Å²) in [4.78, 5) is 0. The maximum atomic E-state index is 12.5. The van der Waals surface area contributed by atoms with Crippen LogP contribution < -0.4 is 0 Å². The summed E-state index contributed by atoms with van der Waals surface area (Å²) in [6, 6.07) is 5.81. The fourth-order valence-electron chi connectivity index (χ4n) is 0.752. The topological polar surface area (TPSA) is 0 Å². The van der Waals surface area contributed by atoms with Gasteiger partial charge in [0.15, 0.2) is 0 Å². The average Bonchev–Trinajstić information content (AvgIpc) is 2.04. The lowest BCUT2D eigenvalue weighted by atomic mass is 10.1. The molecule has 0 aliphatic heterocycles. The molecular weight excluding hydrogens is 191 g/mol. The molecule has 1 rings (SSSR count). The average molecular weight is 195 g/mol. The van der Waals surface area contributed by atoms with E-state index in [1.54, 1.807) is 0 Å². The van der Waals surface area contributed by atoms with Gasteiger partial charge in [0.1, 0.15) is 0 Å². The molecule has 0 saturated carbocycles. The van der Waals surface area contributed by atoms with E-state index >= 15 is 0 Å². The Morgan fingerprint density at radius 3 is 2.08 bits per heavy atom. The molecule has 0 atom stereocenters. The van der Waals surface area contributed by atoms with E-state index in [0.29, 0.717) is 12.1 Å². The lowest BCUT2D eigenvalue weighted by molar-refractivity contribution is -0.289. The summed E-state index contributed by atoms with van der Waals surface area (Å²) in [7, 11) is 0. The molecule has 1 aromatic rings. The number of halogens is 5. The third-order valence-electron chi connectivity index (χ3n) is 1.43. The van der Waals surface area contributed by atoms with Gasteiger partial charge in [-0.25, -0.2) is 0 Å². The minimum atomic E-state index is -5.55. The molecule has 5 heteroatoms. The highest BCUT2D eigenvalue weighted by Crippen LogP contribution is 2.43. The molecule has 0 amide bonds. The van der Waals surface area contributed by atoms with Crippen LogP contribution >= 0.6 is 0 Å². The zero-order valence-electron chi connectivity index (χ0n) is 6.20. The van der Waals surface area contributed by atoms with Crippen molar-refractivity contribution in [2.45, 2.75) is 12.1 Å². The Morgan fingerprint density at radius 1 is 1.08 bits per heavy atom. The highest BCUT2D eigenvalue weighted by molar-refractivity contribution is 5.20. The van der Waals surface area contributed by atoms with Gasteiger partial charge >= 0.3 is 12.1 Å². The van der Waals surface area contributed by atoms with Crippen LogP contribution in [0, 0.1) is 6.07 Å². The van der Waals surface area contributed by atoms with Gasteiger partial charge in [-0.05, 0) is 12.1 Å². The summed E-state index contributed by atoms with van der Waals surface area (Å²) < 4.78 is 60.3. The Morgan fingerprint density at radius 2 is 1.69 bits per heavy atom. The van der Waals surface area contributed by atoms with Crippen LogP contribution in [-0.2, 0) is 5.92 Å². The first-order chi connectivity index (χ1) is 5.86. The smallest absolute Gasteiger partial charge is 0.191 e. The minimum Gasteiger partial charge on any atom is -0.191 e. The van der Waals surface area contributed by atoms with Crippen molar-refractivity contribution in [1.82, 2.24) is 0 Å². The molecule has 0 fully saturated rings. The van der Waals surface area contributed by atoms with E-state index in [0.717, 1.165) is 6.07 Å². The molecular formula is C8H4F5. The zero-order valence-corrected chi connectivity index (χ0v) is 6.20. The second-order valence-electron chi connectivity index (χ2n) is 2.36. The van der Waals surface area contributed by atoms with Crippen LogP contribution in [0.2, 0.25) is 0 Å². The fourth-order valence-corrected chi connectivity index (χ4v) is 0.752. The first-order valence-electron chi connectivity index (χ1n) is 3.27. The van der Waals surface area contributed by atoms with Gasteiger partial charge in [0, 0.05) is 5.56 Å². The molecule has 0 nitrogen and oxygen atoms in total. The fraction of sp³-hybridized carbons (Fsp3) is 0.250. The van der Waals surface area contributed by atoms with E-state index in [9.17, 15) is 22.0 Å². The summed E-state index contributed by atoms with van der Waals surface area (Å²) >= 11 is 0.